The van der Waals surface area contributed by atoms with Crippen LogP contribution in [0.2, 0.25) is 0 Å². The minimum absolute atomic E-state index is 0.000394. The zero-order valence-electron chi connectivity index (χ0n) is 14.3. The molecule has 0 radical (unpaired) electrons. The summed E-state index contributed by atoms with van der Waals surface area (Å²) < 4.78 is 0. The number of thiophene rings is 1. The van der Waals surface area contributed by atoms with Crippen LogP contribution in [0.5, 0.6) is 0 Å². The molecular formula is C19H25N3O2S. The molecule has 1 amide bonds. The van der Waals surface area contributed by atoms with Gasteiger partial charge in [-0.3, -0.25) is 4.79 Å². The maximum absolute atomic E-state index is 12.1. The van der Waals surface area contributed by atoms with Gasteiger partial charge < -0.3 is 20.6 Å². The number of nitrogens with zero attached hydrogens (tertiary/aromatic N) is 1. The van der Waals surface area contributed by atoms with Gasteiger partial charge in [0, 0.05) is 24.5 Å². The Hall–Kier alpha value is -2.05. The van der Waals surface area contributed by atoms with Crippen molar-refractivity contribution in [1.82, 2.24) is 5.32 Å². The summed E-state index contributed by atoms with van der Waals surface area (Å²) in [5.74, 6) is 0.000394. The SMILES string of the molecule is O=C(CNc1ccccc1N1CCC(O)CC1)NCCc1cccs1. The summed E-state index contributed by atoms with van der Waals surface area (Å²) in [6, 6.07) is 12.2. The number of carbonyl (C=O) groups excluding carboxylic acids is 1. The van der Waals surface area contributed by atoms with Crippen LogP contribution in [0.1, 0.15) is 17.7 Å². The molecule has 1 saturated heterocycles. The average molecular weight is 359 g/mol. The Balaban J connectivity index is 1.48. The molecule has 1 aromatic carbocycles. The number of benzene rings is 1. The van der Waals surface area contributed by atoms with E-state index in [1.165, 1.54) is 4.88 Å². The summed E-state index contributed by atoms with van der Waals surface area (Å²) >= 11 is 1.71. The maximum atomic E-state index is 12.1. The first kappa shape index (κ1) is 17.8. The quantitative estimate of drug-likeness (QED) is 0.711. The zero-order chi connectivity index (χ0) is 17.5. The number of aliphatic hydroxyl groups excluding tert-OH is 1. The van der Waals surface area contributed by atoms with E-state index in [-0.39, 0.29) is 18.6 Å². The summed E-state index contributed by atoms with van der Waals surface area (Å²) in [5, 5.41) is 17.9. The van der Waals surface area contributed by atoms with Crippen molar-refractivity contribution in [1.29, 1.82) is 0 Å². The molecule has 6 heteroatoms. The van der Waals surface area contributed by atoms with E-state index >= 15 is 0 Å². The number of aliphatic hydroxyl groups is 1. The van der Waals surface area contributed by atoms with Crippen LogP contribution in [0.3, 0.4) is 0 Å². The van der Waals surface area contributed by atoms with Crippen LogP contribution in [-0.4, -0.2) is 43.3 Å². The summed E-state index contributed by atoms with van der Waals surface area (Å²) in [7, 11) is 0. The highest BCUT2D eigenvalue weighted by Crippen LogP contribution is 2.28. The van der Waals surface area contributed by atoms with E-state index in [2.05, 4.69) is 33.0 Å². The van der Waals surface area contributed by atoms with Crippen molar-refractivity contribution in [3.8, 4) is 0 Å². The van der Waals surface area contributed by atoms with E-state index in [0.29, 0.717) is 6.54 Å². The topological polar surface area (TPSA) is 64.6 Å². The Labute approximate surface area is 152 Å². The summed E-state index contributed by atoms with van der Waals surface area (Å²) in [5.41, 5.74) is 2.06. The third-order valence-electron chi connectivity index (χ3n) is 4.42. The van der Waals surface area contributed by atoms with Gasteiger partial charge in [-0.2, -0.15) is 0 Å². The first-order valence-corrected chi connectivity index (χ1v) is 9.65. The second kappa shape index (κ2) is 8.87. The highest BCUT2D eigenvalue weighted by atomic mass is 32.1. The van der Waals surface area contributed by atoms with Crippen LogP contribution in [0.4, 0.5) is 11.4 Å². The van der Waals surface area contributed by atoms with Gasteiger partial charge >= 0.3 is 0 Å². The van der Waals surface area contributed by atoms with Crippen molar-refractivity contribution in [2.45, 2.75) is 25.4 Å². The largest absolute Gasteiger partial charge is 0.393 e. The van der Waals surface area contributed by atoms with Gasteiger partial charge in [0.25, 0.3) is 0 Å². The second-order valence-electron chi connectivity index (χ2n) is 6.27. The molecule has 1 aromatic heterocycles. The lowest BCUT2D eigenvalue weighted by Crippen LogP contribution is -2.36. The highest BCUT2D eigenvalue weighted by molar-refractivity contribution is 7.09. The van der Waals surface area contributed by atoms with Crippen molar-refractivity contribution in [2.24, 2.45) is 0 Å². The fourth-order valence-electron chi connectivity index (χ4n) is 3.02. The lowest BCUT2D eigenvalue weighted by atomic mass is 10.1. The first-order valence-electron chi connectivity index (χ1n) is 8.77. The molecule has 0 aliphatic carbocycles. The number of anilines is 2. The minimum Gasteiger partial charge on any atom is -0.393 e. The molecule has 0 unspecified atom stereocenters. The number of rotatable bonds is 7. The molecule has 3 rings (SSSR count). The molecule has 2 heterocycles. The van der Waals surface area contributed by atoms with Gasteiger partial charge in [0.15, 0.2) is 0 Å². The van der Waals surface area contributed by atoms with Crippen molar-refractivity contribution in [3.63, 3.8) is 0 Å². The molecule has 1 fully saturated rings. The summed E-state index contributed by atoms with van der Waals surface area (Å²) in [6.45, 7) is 2.60. The molecule has 0 saturated carbocycles. The predicted molar refractivity (Wildman–Crippen MR) is 103 cm³/mol. The third-order valence-corrected chi connectivity index (χ3v) is 5.36. The van der Waals surface area contributed by atoms with Crippen LogP contribution in [-0.2, 0) is 11.2 Å². The van der Waals surface area contributed by atoms with Crippen LogP contribution >= 0.6 is 11.3 Å². The Morgan fingerprint density at radius 3 is 2.76 bits per heavy atom. The van der Waals surface area contributed by atoms with Crippen LogP contribution in [0.25, 0.3) is 0 Å². The molecule has 5 nitrogen and oxygen atoms in total. The number of hydrogen-bond donors (Lipinski definition) is 3. The average Bonchev–Trinajstić information content (AvgIpc) is 3.14. The summed E-state index contributed by atoms with van der Waals surface area (Å²) in [4.78, 5) is 15.6. The number of amides is 1. The highest BCUT2D eigenvalue weighted by Gasteiger charge is 2.19. The second-order valence-corrected chi connectivity index (χ2v) is 7.30. The van der Waals surface area contributed by atoms with Gasteiger partial charge in [-0.25, -0.2) is 0 Å². The van der Waals surface area contributed by atoms with E-state index in [4.69, 9.17) is 0 Å². The van der Waals surface area contributed by atoms with Crippen molar-refractivity contribution >= 4 is 28.6 Å². The molecule has 0 atom stereocenters. The third kappa shape index (κ3) is 5.21. The number of carbonyl (C=O) groups is 1. The molecule has 3 N–H and O–H groups in total. The molecule has 134 valence electrons. The van der Waals surface area contributed by atoms with E-state index in [0.717, 1.165) is 43.7 Å². The van der Waals surface area contributed by atoms with Crippen LogP contribution in [0.15, 0.2) is 41.8 Å². The van der Waals surface area contributed by atoms with E-state index in [9.17, 15) is 9.90 Å². The molecule has 0 spiro atoms. The lowest BCUT2D eigenvalue weighted by Gasteiger charge is -2.32. The number of para-hydroxylation sites is 2. The van der Waals surface area contributed by atoms with Crippen molar-refractivity contribution in [3.05, 3.63) is 46.7 Å². The lowest BCUT2D eigenvalue weighted by molar-refractivity contribution is -0.119. The van der Waals surface area contributed by atoms with E-state index in [1.54, 1.807) is 11.3 Å². The van der Waals surface area contributed by atoms with Crippen LogP contribution < -0.4 is 15.5 Å². The molecular weight excluding hydrogens is 334 g/mol. The van der Waals surface area contributed by atoms with Crippen LogP contribution in [0, 0.1) is 0 Å². The zero-order valence-corrected chi connectivity index (χ0v) is 15.1. The van der Waals surface area contributed by atoms with Gasteiger partial charge in [0.1, 0.15) is 0 Å². The van der Waals surface area contributed by atoms with Gasteiger partial charge in [0.2, 0.25) is 5.91 Å². The molecule has 25 heavy (non-hydrogen) atoms. The number of piperidine rings is 1. The normalized spacial score (nSPS) is 15.2. The van der Waals surface area contributed by atoms with E-state index < -0.39 is 0 Å². The van der Waals surface area contributed by atoms with E-state index in [1.807, 2.05) is 24.3 Å². The smallest absolute Gasteiger partial charge is 0.239 e. The van der Waals surface area contributed by atoms with Crippen molar-refractivity contribution in [2.75, 3.05) is 36.4 Å². The molecule has 1 aliphatic heterocycles. The molecule has 0 bridgehead atoms. The van der Waals surface area contributed by atoms with Crippen molar-refractivity contribution < 1.29 is 9.90 Å². The minimum atomic E-state index is -0.189. The molecule has 1 aliphatic rings. The Kier molecular flexibility index (Phi) is 6.30. The molecule has 2 aromatic rings. The fourth-order valence-corrected chi connectivity index (χ4v) is 3.73. The van der Waals surface area contributed by atoms with Gasteiger partial charge in [0.05, 0.1) is 24.0 Å². The fraction of sp³-hybridized carbons (Fsp3) is 0.421. The number of hydrogen-bond acceptors (Lipinski definition) is 5. The maximum Gasteiger partial charge on any atom is 0.239 e. The number of nitrogens with one attached hydrogen (secondary N) is 2. The predicted octanol–water partition coefficient (Wildman–Crippen LogP) is 2.48. The Bertz CT molecular complexity index is 667. The standard InChI is InChI=1S/C19H25N3O2S/c23-15-8-11-22(12-9-15)18-6-2-1-5-17(18)21-14-19(24)20-10-7-16-4-3-13-25-16/h1-6,13,15,21,23H,7-12,14H2,(H,20,24). The summed E-state index contributed by atoms with van der Waals surface area (Å²) in [6.07, 6.45) is 2.26. The van der Waals surface area contributed by atoms with Gasteiger partial charge in [-0.15, -0.1) is 11.3 Å². The Morgan fingerprint density at radius 1 is 1.20 bits per heavy atom. The van der Waals surface area contributed by atoms with Gasteiger partial charge in [-0.05, 0) is 42.8 Å². The first-order chi connectivity index (χ1) is 12.2. The monoisotopic (exact) mass is 359 g/mol. The van der Waals surface area contributed by atoms with Gasteiger partial charge in [-0.1, -0.05) is 18.2 Å². The Morgan fingerprint density at radius 2 is 2.00 bits per heavy atom.